The molecule has 0 aliphatic carbocycles. The van der Waals surface area contributed by atoms with Gasteiger partial charge in [-0.05, 0) is 67.9 Å². The summed E-state index contributed by atoms with van der Waals surface area (Å²) in [7, 11) is 5.51. The fourth-order valence-corrected chi connectivity index (χ4v) is 4.08. The molecule has 0 aromatic heterocycles. The van der Waals surface area contributed by atoms with Gasteiger partial charge < -0.3 is 19.6 Å². The molecular weight excluding hydrogens is 416 g/mol. The molecule has 3 rings (SSSR count). The highest BCUT2D eigenvalue weighted by Gasteiger charge is 2.45. The highest BCUT2D eigenvalue weighted by Crippen LogP contribution is 2.40. The van der Waals surface area contributed by atoms with Gasteiger partial charge >= 0.3 is 0 Å². The number of hydrogen-bond donors (Lipinski definition) is 1. The minimum Gasteiger partial charge on any atom is -0.507 e. The van der Waals surface area contributed by atoms with Crippen LogP contribution in [-0.4, -0.2) is 60.9 Å². The van der Waals surface area contributed by atoms with Crippen LogP contribution in [0.4, 0.5) is 0 Å². The standard InChI is InChI=1S/C27H34N2O4/c1-27(2,3)20-12-8-18(9-13-20)23-22(24(30)19-10-14-21(33-6)15-11-19)25(31)26(32)29(23)17-7-16-28(4)5/h8-15,23,30H,7,16-17H2,1-6H3/b24-22+/t23-/m1/s1. The number of ketones is 1. The Morgan fingerprint density at radius 3 is 2.15 bits per heavy atom. The van der Waals surface area contributed by atoms with Crippen LogP contribution in [0.15, 0.2) is 54.1 Å². The molecule has 0 unspecified atom stereocenters. The predicted octanol–water partition coefficient (Wildman–Crippen LogP) is 4.37. The van der Waals surface area contributed by atoms with Gasteiger partial charge in [-0.15, -0.1) is 0 Å². The first-order valence-electron chi connectivity index (χ1n) is 11.2. The molecule has 33 heavy (non-hydrogen) atoms. The topological polar surface area (TPSA) is 70.1 Å². The zero-order valence-electron chi connectivity index (χ0n) is 20.4. The van der Waals surface area contributed by atoms with Crippen molar-refractivity contribution < 1.29 is 19.4 Å². The number of aliphatic hydroxyl groups is 1. The second-order valence-electron chi connectivity index (χ2n) is 9.75. The maximum absolute atomic E-state index is 13.1. The molecule has 2 aromatic rings. The van der Waals surface area contributed by atoms with Crippen LogP contribution in [0.1, 0.15) is 49.9 Å². The average Bonchev–Trinajstić information content (AvgIpc) is 3.03. The van der Waals surface area contributed by atoms with Crippen LogP contribution >= 0.6 is 0 Å². The van der Waals surface area contributed by atoms with Gasteiger partial charge in [0.25, 0.3) is 11.7 Å². The molecule has 1 aliphatic rings. The summed E-state index contributed by atoms with van der Waals surface area (Å²) in [5.41, 5.74) is 2.54. The minimum atomic E-state index is -0.655. The van der Waals surface area contributed by atoms with Gasteiger partial charge in [-0.25, -0.2) is 0 Å². The van der Waals surface area contributed by atoms with Crippen molar-refractivity contribution in [1.29, 1.82) is 0 Å². The Kier molecular flexibility index (Phi) is 7.28. The van der Waals surface area contributed by atoms with Crippen molar-refractivity contribution >= 4 is 17.4 Å². The number of aliphatic hydroxyl groups excluding tert-OH is 1. The average molecular weight is 451 g/mol. The molecule has 0 bridgehead atoms. The van der Waals surface area contributed by atoms with E-state index in [0.29, 0.717) is 17.9 Å². The van der Waals surface area contributed by atoms with Crippen molar-refractivity contribution in [3.63, 3.8) is 0 Å². The molecule has 0 saturated carbocycles. The Labute approximate surface area is 196 Å². The molecule has 6 nitrogen and oxygen atoms in total. The van der Waals surface area contributed by atoms with E-state index in [-0.39, 0.29) is 16.7 Å². The molecule has 2 aromatic carbocycles. The summed E-state index contributed by atoms with van der Waals surface area (Å²) in [6, 6.07) is 14.1. The lowest BCUT2D eigenvalue weighted by Gasteiger charge is -2.27. The Morgan fingerprint density at radius 2 is 1.64 bits per heavy atom. The van der Waals surface area contributed by atoms with Crippen molar-refractivity contribution in [2.75, 3.05) is 34.3 Å². The van der Waals surface area contributed by atoms with Crippen LogP contribution in [0.2, 0.25) is 0 Å². The van der Waals surface area contributed by atoms with E-state index in [2.05, 4.69) is 20.8 Å². The molecule has 1 N–H and O–H groups in total. The largest absolute Gasteiger partial charge is 0.507 e. The zero-order chi connectivity index (χ0) is 24.3. The lowest BCUT2D eigenvalue weighted by atomic mass is 9.85. The number of likely N-dealkylation sites (tertiary alicyclic amines) is 1. The number of hydrogen-bond acceptors (Lipinski definition) is 5. The van der Waals surface area contributed by atoms with Gasteiger partial charge in [-0.3, -0.25) is 9.59 Å². The van der Waals surface area contributed by atoms with Crippen LogP contribution in [0.25, 0.3) is 5.76 Å². The van der Waals surface area contributed by atoms with Crippen molar-refractivity contribution in [2.24, 2.45) is 0 Å². The van der Waals surface area contributed by atoms with E-state index in [1.807, 2.05) is 43.3 Å². The van der Waals surface area contributed by atoms with Gasteiger partial charge in [0.05, 0.1) is 18.7 Å². The molecule has 0 spiro atoms. The number of methoxy groups -OCH3 is 1. The first kappa shape index (κ1) is 24.5. The normalized spacial score (nSPS) is 18.3. The molecule has 6 heteroatoms. The molecule has 1 heterocycles. The number of ether oxygens (including phenoxy) is 1. The van der Waals surface area contributed by atoms with Gasteiger partial charge in [0.1, 0.15) is 11.5 Å². The van der Waals surface area contributed by atoms with Gasteiger partial charge in [0, 0.05) is 12.1 Å². The van der Waals surface area contributed by atoms with Crippen molar-refractivity contribution in [3.8, 4) is 5.75 Å². The number of benzene rings is 2. The SMILES string of the molecule is COc1ccc(/C(O)=C2\C(=O)C(=O)N(CCCN(C)C)[C@@H]2c2ccc(C(C)(C)C)cc2)cc1. The highest BCUT2D eigenvalue weighted by atomic mass is 16.5. The third-order valence-corrected chi connectivity index (χ3v) is 6.00. The highest BCUT2D eigenvalue weighted by molar-refractivity contribution is 6.46. The number of amides is 1. The van der Waals surface area contributed by atoms with Crippen LogP contribution in [0, 0.1) is 0 Å². The maximum Gasteiger partial charge on any atom is 0.295 e. The summed E-state index contributed by atoms with van der Waals surface area (Å²) < 4.78 is 5.19. The van der Waals surface area contributed by atoms with Gasteiger partial charge in [-0.2, -0.15) is 0 Å². The number of carbonyl (C=O) groups is 2. The first-order chi connectivity index (χ1) is 15.5. The van der Waals surface area contributed by atoms with E-state index < -0.39 is 17.7 Å². The second kappa shape index (κ2) is 9.79. The summed E-state index contributed by atoms with van der Waals surface area (Å²) in [6.45, 7) is 7.63. The number of carbonyl (C=O) groups excluding carboxylic acids is 2. The van der Waals surface area contributed by atoms with Crippen molar-refractivity contribution in [1.82, 2.24) is 9.80 Å². The second-order valence-corrected chi connectivity index (χ2v) is 9.75. The first-order valence-corrected chi connectivity index (χ1v) is 11.2. The fraction of sp³-hybridized carbons (Fsp3) is 0.407. The Morgan fingerprint density at radius 1 is 1.03 bits per heavy atom. The van der Waals surface area contributed by atoms with Crippen molar-refractivity contribution in [2.45, 2.75) is 38.6 Å². The Bertz CT molecular complexity index is 1030. The van der Waals surface area contributed by atoms with E-state index in [4.69, 9.17) is 4.74 Å². The molecule has 0 radical (unpaired) electrons. The molecule has 1 saturated heterocycles. The van der Waals surface area contributed by atoms with E-state index in [0.717, 1.165) is 24.1 Å². The Hall–Kier alpha value is -3.12. The monoisotopic (exact) mass is 450 g/mol. The number of Topliss-reactive ketones (excluding diaryl/α,β-unsaturated/α-hetero) is 1. The quantitative estimate of drug-likeness (QED) is 0.385. The maximum atomic E-state index is 13.1. The van der Waals surface area contributed by atoms with E-state index in [1.54, 1.807) is 36.3 Å². The molecule has 176 valence electrons. The smallest absolute Gasteiger partial charge is 0.295 e. The summed E-state index contributed by atoms with van der Waals surface area (Å²) >= 11 is 0. The molecular formula is C27H34N2O4. The molecule has 1 atom stereocenters. The van der Waals surface area contributed by atoms with Gasteiger partial charge in [0.2, 0.25) is 0 Å². The Balaban J connectivity index is 2.08. The van der Waals surface area contributed by atoms with E-state index in [9.17, 15) is 14.7 Å². The van der Waals surface area contributed by atoms with E-state index >= 15 is 0 Å². The molecule has 1 fully saturated rings. The lowest BCUT2D eigenvalue weighted by molar-refractivity contribution is -0.139. The number of rotatable bonds is 7. The van der Waals surface area contributed by atoms with Crippen LogP contribution in [0.5, 0.6) is 5.75 Å². The molecule has 1 amide bonds. The lowest BCUT2D eigenvalue weighted by Crippen LogP contribution is -2.32. The summed E-state index contributed by atoms with van der Waals surface area (Å²) in [6.07, 6.45) is 0.721. The third kappa shape index (κ3) is 5.28. The molecule has 1 aliphatic heterocycles. The summed E-state index contributed by atoms with van der Waals surface area (Å²) in [4.78, 5) is 29.8. The van der Waals surface area contributed by atoms with Crippen LogP contribution < -0.4 is 4.74 Å². The van der Waals surface area contributed by atoms with E-state index in [1.165, 1.54) is 0 Å². The predicted molar refractivity (Wildman–Crippen MR) is 130 cm³/mol. The third-order valence-electron chi connectivity index (χ3n) is 6.00. The minimum absolute atomic E-state index is 0.0187. The zero-order valence-corrected chi connectivity index (χ0v) is 20.4. The van der Waals surface area contributed by atoms with Crippen LogP contribution in [0.3, 0.4) is 0 Å². The summed E-state index contributed by atoms with van der Waals surface area (Å²) in [5.74, 6) is -0.757. The summed E-state index contributed by atoms with van der Waals surface area (Å²) in [5, 5.41) is 11.1. The fourth-order valence-electron chi connectivity index (χ4n) is 4.08. The van der Waals surface area contributed by atoms with Gasteiger partial charge in [0.15, 0.2) is 0 Å². The van der Waals surface area contributed by atoms with Gasteiger partial charge in [-0.1, -0.05) is 45.0 Å². The number of nitrogens with zero attached hydrogens (tertiary/aromatic N) is 2. The van der Waals surface area contributed by atoms with Crippen molar-refractivity contribution in [3.05, 3.63) is 70.8 Å². The van der Waals surface area contributed by atoms with Crippen LogP contribution in [-0.2, 0) is 15.0 Å².